The van der Waals surface area contributed by atoms with Gasteiger partial charge in [0.1, 0.15) is 16.3 Å². The number of sulfone groups is 2. The van der Waals surface area contributed by atoms with E-state index in [9.17, 15) is 26.0 Å². The van der Waals surface area contributed by atoms with E-state index in [-0.39, 0.29) is 36.0 Å². The van der Waals surface area contributed by atoms with E-state index < -0.39 is 76.8 Å². The van der Waals surface area contributed by atoms with E-state index >= 15 is 4.39 Å². The van der Waals surface area contributed by atoms with Gasteiger partial charge in [0.2, 0.25) is 5.91 Å². The van der Waals surface area contributed by atoms with Crippen molar-refractivity contribution < 1.29 is 39.9 Å². The highest BCUT2D eigenvalue weighted by Crippen LogP contribution is 2.55. The zero-order valence-corrected chi connectivity index (χ0v) is 20.6. The summed E-state index contributed by atoms with van der Waals surface area (Å²) in [7, 11) is -8.31. The number of benzene rings is 2. The zero-order chi connectivity index (χ0) is 25.6. The number of ether oxygens (including phenoxy) is 2. The van der Waals surface area contributed by atoms with Crippen LogP contribution in [0.2, 0.25) is 5.02 Å². The summed E-state index contributed by atoms with van der Waals surface area (Å²) < 4.78 is 92.0. The van der Waals surface area contributed by atoms with E-state index in [1.165, 1.54) is 24.3 Å². The van der Waals surface area contributed by atoms with Crippen LogP contribution in [-0.4, -0.2) is 53.6 Å². The second-order valence-corrected chi connectivity index (χ2v) is 13.3. The fourth-order valence-electron chi connectivity index (χ4n) is 4.92. The fraction of sp³-hybridized carbons (Fsp3) is 0.409. The van der Waals surface area contributed by atoms with Crippen molar-refractivity contribution in [2.24, 2.45) is 11.7 Å². The minimum atomic E-state index is -4.41. The Kier molecular flexibility index (Phi) is 6.86. The lowest BCUT2D eigenvalue weighted by atomic mass is 9.75. The first kappa shape index (κ1) is 25.8. The normalized spacial score (nSPS) is 24.2. The molecule has 4 rings (SSSR count). The van der Waals surface area contributed by atoms with Gasteiger partial charge in [-0.2, -0.15) is 0 Å². The fourth-order valence-corrected chi connectivity index (χ4v) is 8.56. The van der Waals surface area contributed by atoms with Gasteiger partial charge in [-0.05, 0) is 49.2 Å². The Bertz CT molecular complexity index is 1370. The van der Waals surface area contributed by atoms with Crippen LogP contribution in [0.5, 0.6) is 5.75 Å². The molecule has 190 valence electrons. The lowest BCUT2D eigenvalue weighted by Crippen LogP contribution is -2.57. The van der Waals surface area contributed by atoms with Crippen LogP contribution in [0.15, 0.2) is 41.3 Å². The molecule has 3 unspecified atom stereocenters. The molecule has 2 N–H and O–H groups in total. The minimum Gasteiger partial charge on any atom is -0.490 e. The predicted molar refractivity (Wildman–Crippen MR) is 122 cm³/mol. The van der Waals surface area contributed by atoms with E-state index in [4.69, 9.17) is 26.8 Å². The monoisotopic (exact) mass is 549 g/mol. The Hall–Kier alpha value is -2.28. The van der Waals surface area contributed by atoms with Gasteiger partial charge in [0.15, 0.2) is 31.2 Å². The van der Waals surface area contributed by atoms with E-state index in [0.29, 0.717) is 0 Å². The summed E-state index contributed by atoms with van der Waals surface area (Å²) in [5, 5.41) is 0.284. The van der Waals surface area contributed by atoms with E-state index in [0.717, 1.165) is 12.1 Å². The first-order valence-corrected chi connectivity index (χ1v) is 14.3. The summed E-state index contributed by atoms with van der Waals surface area (Å²) >= 11 is 5.92. The lowest BCUT2D eigenvalue weighted by Gasteiger charge is -2.50. The number of rotatable bonds is 7. The number of carbonyl (C=O) groups is 1. The third kappa shape index (κ3) is 4.52. The molecule has 0 aliphatic carbocycles. The highest BCUT2D eigenvalue weighted by Gasteiger charge is 2.61. The van der Waals surface area contributed by atoms with Crippen molar-refractivity contribution in [2.75, 3.05) is 24.7 Å². The van der Waals surface area contributed by atoms with Crippen LogP contribution in [0, 0.1) is 17.6 Å². The van der Waals surface area contributed by atoms with Gasteiger partial charge in [-0.1, -0.05) is 11.6 Å². The maximum absolute atomic E-state index is 15.3. The molecular formula is C22H22ClF2NO7S2. The van der Waals surface area contributed by atoms with Gasteiger partial charge in [-0.25, -0.2) is 25.6 Å². The van der Waals surface area contributed by atoms with Crippen LogP contribution in [0.1, 0.15) is 18.4 Å². The third-order valence-corrected chi connectivity index (χ3v) is 10.8. The summed E-state index contributed by atoms with van der Waals surface area (Å²) in [6, 6.07) is 6.98. The van der Waals surface area contributed by atoms with Gasteiger partial charge in [0.25, 0.3) is 0 Å². The van der Waals surface area contributed by atoms with Crippen molar-refractivity contribution in [3.05, 3.63) is 58.6 Å². The van der Waals surface area contributed by atoms with Crippen molar-refractivity contribution in [1.82, 2.24) is 0 Å². The van der Waals surface area contributed by atoms with E-state index in [1.807, 2.05) is 0 Å². The Labute approximate surface area is 206 Å². The van der Waals surface area contributed by atoms with E-state index in [1.54, 1.807) is 0 Å². The van der Waals surface area contributed by atoms with Gasteiger partial charge < -0.3 is 15.2 Å². The van der Waals surface area contributed by atoms with E-state index in [2.05, 4.69) is 0 Å². The average Bonchev–Trinajstić information content (AvgIpc) is 2.79. The molecule has 1 fully saturated rings. The molecule has 13 heteroatoms. The minimum absolute atomic E-state index is 0.162. The second-order valence-electron chi connectivity index (χ2n) is 8.50. The standard InChI is InChI=1S/C22H22ClF2NO7S2/c23-13-1-3-14(4-2-13)35(30,31)22-8-9-32-18(7-10-34(28,29)12-19(26)27)15(22)11-33-21-17(25)6-5-16(24)20(21)22/h1-6,15,18H,7-12H2,(H2,26,27). The summed E-state index contributed by atoms with van der Waals surface area (Å²) in [6.07, 6.45) is -1.43. The quantitative estimate of drug-likeness (QED) is 0.561. The number of halogens is 3. The molecule has 1 saturated heterocycles. The van der Waals surface area contributed by atoms with Gasteiger partial charge in [-0.3, -0.25) is 4.79 Å². The second kappa shape index (κ2) is 9.30. The number of carbonyl (C=O) groups excluding carboxylic acids is 1. The van der Waals surface area contributed by atoms with Crippen LogP contribution in [0.25, 0.3) is 0 Å². The number of fused-ring (bicyclic) bond motifs is 3. The first-order chi connectivity index (χ1) is 16.4. The largest absolute Gasteiger partial charge is 0.490 e. The topological polar surface area (TPSA) is 130 Å². The molecule has 0 spiro atoms. The average molecular weight is 550 g/mol. The van der Waals surface area contributed by atoms with Crippen molar-refractivity contribution in [3.63, 3.8) is 0 Å². The molecule has 2 aliphatic heterocycles. The predicted octanol–water partition coefficient (Wildman–Crippen LogP) is 2.38. The maximum Gasteiger partial charge on any atom is 0.232 e. The van der Waals surface area contributed by atoms with Gasteiger partial charge >= 0.3 is 0 Å². The molecule has 1 amide bonds. The molecule has 3 atom stereocenters. The number of nitrogens with two attached hydrogens (primary N) is 1. The molecule has 8 nitrogen and oxygen atoms in total. The third-order valence-electron chi connectivity index (χ3n) is 6.42. The summed E-state index contributed by atoms with van der Waals surface area (Å²) in [5.74, 6) is -5.89. The van der Waals surface area contributed by atoms with Crippen molar-refractivity contribution in [1.29, 1.82) is 0 Å². The molecule has 2 aromatic carbocycles. The van der Waals surface area contributed by atoms with Crippen LogP contribution in [-0.2, 0) is 34.0 Å². The molecule has 0 aromatic heterocycles. The summed E-state index contributed by atoms with van der Waals surface area (Å²) in [5.41, 5.74) is 4.55. The number of hydrogen-bond acceptors (Lipinski definition) is 7. The Balaban J connectivity index is 1.86. The highest BCUT2D eigenvalue weighted by molar-refractivity contribution is 7.92. The van der Waals surface area contributed by atoms with Gasteiger partial charge in [0, 0.05) is 17.5 Å². The molecule has 35 heavy (non-hydrogen) atoms. The van der Waals surface area contributed by atoms with Crippen LogP contribution < -0.4 is 10.5 Å². The smallest absolute Gasteiger partial charge is 0.232 e. The number of hydrogen-bond donors (Lipinski definition) is 1. The Morgan fingerprint density at radius 1 is 1.09 bits per heavy atom. The number of primary amides is 1. The molecule has 0 saturated carbocycles. The zero-order valence-electron chi connectivity index (χ0n) is 18.2. The lowest BCUT2D eigenvalue weighted by molar-refractivity contribution is -0.115. The van der Waals surface area contributed by atoms with Gasteiger partial charge in [-0.15, -0.1) is 0 Å². The van der Waals surface area contributed by atoms with Crippen molar-refractivity contribution in [3.8, 4) is 5.75 Å². The van der Waals surface area contributed by atoms with Crippen LogP contribution in [0.4, 0.5) is 8.78 Å². The molecular weight excluding hydrogens is 528 g/mol. The van der Waals surface area contributed by atoms with Crippen molar-refractivity contribution in [2.45, 2.75) is 28.6 Å². The van der Waals surface area contributed by atoms with Crippen LogP contribution >= 0.6 is 11.6 Å². The molecule has 0 bridgehead atoms. The summed E-state index contributed by atoms with van der Waals surface area (Å²) in [6.45, 7) is -0.528. The number of amides is 1. The molecule has 2 aromatic rings. The Morgan fingerprint density at radius 3 is 2.40 bits per heavy atom. The van der Waals surface area contributed by atoms with Gasteiger partial charge in [0.05, 0.1) is 28.9 Å². The SMILES string of the molecule is NC(=O)CS(=O)(=O)CCC1OCCC2(S(=O)(=O)c3ccc(Cl)cc3)c3c(F)ccc(F)c3OCC12. The summed E-state index contributed by atoms with van der Waals surface area (Å²) in [4.78, 5) is 10.9. The molecule has 2 heterocycles. The first-order valence-electron chi connectivity index (χ1n) is 10.6. The highest BCUT2D eigenvalue weighted by atomic mass is 35.5. The molecule has 0 radical (unpaired) electrons. The molecule has 2 aliphatic rings. The van der Waals surface area contributed by atoms with Crippen LogP contribution in [0.3, 0.4) is 0 Å². The Morgan fingerprint density at radius 2 is 1.74 bits per heavy atom. The van der Waals surface area contributed by atoms with Crippen molar-refractivity contribution >= 4 is 37.2 Å². The maximum atomic E-state index is 15.3.